The van der Waals surface area contributed by atoms with Crippen molar-refractivity contribution in [3.05, 3.63) is 35.9 Å². The molecule has 1 atom stereocenters. The van der Waals surface area contributed by atoms with E-state index in [9.17, 15) is 0 Å². The molecule has 0 aliphatic rings. The maximum absolute atomic E-state index is 6.12. The van der Waals surface area contributed by atoms with Gasteiger partial charge in [0.15, 0.2) is 0 Å². The van der Waals surface area contributed by atoms with Gasteiger partial charge in [-0.3, -0.25) is 0 Å². The maximum atomic E-state index is 6.12. The van der Waals surface area contributed by atoms with E-state index in [4.69, 9.17) is 5.73 Å². The molecule has 0 saturated carbocycles. The van der Waals surface area contributed by atoms with Gasteiger partial charge in [0.25, 0.3) is 0 Å². The van der Waals surface area contributed by atoms with Gasteiger partial charge in [-0.15, -0.1) is 0 Å². The Morgan fingerprint density at radius 3 is 2.00 bits per heavy atom. The molecule has 1 heteroatoms. The van der Waals surface area contributed by atoms with Crippen LogP contribution in [0, 0.1) is 0 Å². The second-order valence-electron chi connectivity index (χ2n) is 4.02. The molecule has 0 bridgehead atoms. The van der Waals surface area contributed by atoms with Crippen molar-refractivity contribution in [1.29, 1.82) is 0 Å². The highest BCUT2D eigenvalue weighted by Crippen LogP contribution is 2.33. The molecule has 0 amide bonds. The van der Waals surface area contributed by atoms with Crippen LogP contribution in [-0.2, 0) is 5.41 Å². The van der Waals surface area contributed by atoms with E-state index in [0.29, 0.717) is 0 Å². The minimum atomic E-state index is 0.154. The molecule has 0 saturated heterocycles. The highest BCUT2D eigenvalue weighted by Gasteiger charge is 2.31. The SMILES string of the molecule is CCC(CC)(c1ccccc1)[C@@H](C)N. The van der Waals surface area contributed by atoms with Crippen LogP contribution >= 0.6 is 0 Å². The molecule has 0 unspecified atom stereocenters. The predicted octanol–water partition coefficient (Wildman–Crippen LogP) is 3.09. The van der Waals surface area contributed by atoms with E-state index in [1.54, 1.807) is 0 Å². The molecule has 0 aliphatic carbocycles. The van der Waals surface area contributed by atoms with Crippen molar-refractivity contribution in [2.45, 2.75) is 45.1 Å². The molecule has 2 N–H and O–H groups in total. The largest absolute Gasteiger partial charge is 0.327 e. The molecule has 1 aromatic carbocycles. The van der Waals surface area contributed by atoms with Crippen LogP contribution in [-0.4, -0.2) is 6.04 Å². The van der Waals surface area contributed by atoms with Gasteiger partial charge in [-0.25, -0.2) is 0 Å². The zero-order valence-electron chi connectivity index (χ0n) is 9.46. The topological polar surface area (TPSA) is 26.0 Å². The van der Waals surface area contributed by atoms with Crippen molar-refractivity contribution in [2.75, 3.05) is 0 Å². The summed E-state index contributed by atoms with van der Waals surface area (Å²) in [6.45, 7) is 6.56. The summed E-state index contributed by atoms with van der Waals surface area (Å²) < 4.78 is 0. The van der Waals surface area contributed by atoms with Crippen LogP contribution in [0.15, 0.2) is 30.3 Å². The van der Waals surface area contributed by atoms with Gasteiger partial charge in [-0.05, 0) is 25.3 Å². The second-order valence-corrected chi connectivity index (χ2v) is 4.02. The van der Waals surface area contributed by atoms with Crippen LogP contribution in [0.3, 0.4) is 0 Å². The summed E-state index contributed by atoms with van der Waals surface area (Å²) in [5, 5.41) is 0. The van der Waals surface area contributed by atoms with E-state index >= 15 is 0 Å². The third-order valence-corrected chi connectivity index (χ3v) is 3.48. The quantitative estimate of drug-likeness (QED) is 0.777. The summed E-state index contributed by atoms with van der Waals surface area (Å²) in [5.74, 6) is 0. The van der Waals surface area contributed by atoms with E-state index in [0.717, 1.165) is 12.8 Å². The molecule has 0 radical (unpaired) electrons. The van der Waals surface area contributed by atoms with E-state index in [1.165, 1.54) is 5.56 Å². The lowest BCUT2D eigenvalue weighted by Crippen LogP contribution is -2.42. The minimum Gasteiger partial charge on any atom is -0.327 e. The highest BCUT2D eigenvalue weighted by molar-refractivity contribution is 5.27. The van der Waals surface area contributed by atoms with Crippen molar-refractivity contribution in [1.82, 2.24) is 0 Å². The summed E-state index contributed by atoms with van der Waals surface area (Å²) in [7, 11) is 0. The summed E-state index contributed by atoms with van der Waals surface area (Å²) in [6, 6.07) is 10.8. The fourth-order valence-electron chi connectivity index (χ4n) is 2.34. The molecule has 1 nitrogen and oxygen atoms in total. The van der Waals surface area contributed by atoms with Crippen LogP contribution in [0.5, 0.6) is 0 Å². The van der Waals surface area contributed by atoms with Crippen LogP contribution in [0.4, 0.5) is 0 Å². The zero-order chi connectivity index (χ0) is 10.6. The lowest BCUT2D eigenvalue weighted by atomic mass is 9.71. The standard InChI is InChI=1S/C13H21N/c1-4-13(5-2,11(3)14)12-9-7-6-8-10-12/h6-11H,4-5,14H2,1-3H3/t11-/m1/s1. The number of nitrogens with two attached hydrogens (primary N) is 1. The Hall–Kier alpha value is -0.820. The summed E-state index contributed by atoms with van der Waals surface area (Å²) in [5.41, 5.74) is 7.65. The number of benzene rings is 1. The minimum absolute atomic E-state index is 0.154. The van der Waals surface area contributed by atoms with Gasteiger partial charge in [-0.1, -0.05) is 44.2 Å². The number of hydrogen-bond acceptors (Lipinski definition) is 1. The van der Waals surface area contributed by atoms with E-state index in [1.807, 2.05) is 0 Å². The first-order chi connectivity index (χ1) is 6.67. The highest BCUT2D eigenvalue weighted by atomic mass is 14.7. The summed E-state index contributed by atoms with van der Waals surface area (Å²) in [6.07, 6.45) is 2.20. The summed E-state index contributed by atoms with van der Waals surface area (Å²) in [4.78, 5) is 0. The van der Waals surface area contributed by atoms with Gasteiger partial charge in [-0.2, -0.15) is 0 Å². The average molecular weight is 191 g/mol. The molecule has 0 aromatic heterocycles. The zero-order valence-corrected chi connectivity index (χ0v) is 9.46. The number of rotatable bonds is 4. The lowest BCUT2D eigenvalue weighted by molar-refractivity contribution is 0.333. The molecule has 0 aliphatic heterocycles. The summed E-state index contributed by atoms with van der Waals surface area (Å²) >= 11 is 0. The molecule has 1 aromatic rings. The molecule has 14 heavy (non-hydrogen) atoms. The second kappa shape index (κ2) is 4.61. The molecule has 0 fully saturated rings. The van der Waals surface area contributed by atoms with E-state index < -0.39 is 0 Å². The third kappa shape index (κ3) is 1.83. The van der Waals surface area contributed by atoms with Crippen LogP contribution in [0.25, 0.3) is 0 Å². The van der Waals surface area contributed by atoms with Gasteiger partial charge in [0, 0.05) is 11.5 Å². The van der Waals surface area contributed by atoms with E-state index in [-0.39, 0.29) is 11.5 Å². The Balaban J connectivity index is 3.11. The third-order valence-electron chi connectivity index (χ3n) is 3.48. The Labute approximate surface area is 87.3 Å². The molecule has 78 valence electrons. The van der Waals surface area contributed by atoms with Crippen molar-refractivity contribution in [2.24, 2.45) is 5.73 Å². The molecular formula is C13H21N. The fraction of sp³-hybridized carbons (Fsp3) is 0.538. The Morgan fingerprint density at radius 1 is 1.14 bits per heavy atom. The first kappa shape index (κ1) is 11.3. The van der Waals surface area contributed by atoms with Gasteiger partial charge >= 0.3 is 0 Å². The van der Waals surface area contributed by atoms with Gasteiger partial charge in [0.1, 0.15) is 0 Å². The van der Waals surface area contributed by atoms with Crippen LogP contribution < -0.4 is 5.73 Å². The van der Waals surface area contributed by atoms with Crippen molar-refractivity contribution < 1.29 is 0 Å². The molecule has 0 heterocycles. The monoisotopic (exact) mass is 191 g/mol. The maximum Gasteiger partial charge on any atom is 0.0108 e. The van der Waals surface area contributed by atoms with Gasteiger partial charge < -0.3 is 5.73 Å². The normalized spacial score (nSPS) is 14.0. The Bertz CT molecular complexity index is 260. The average Bonchev–Trinajstić information content (AvgIpc) is 2.22. The lowest BCUT2D eigenvalue weighted by Gasteiger charge is -2.36. The molecule has 1 rings (SSSR count). The molecular weight excluding hydrogens is 170 g/mol. The Morgan fingerprint density at radius 2 is 1.64 bits per heavy atom. The van der Waals surface area contributed by atoms with Crippen LogP contribution in [0.1, 0.15) is 39.2 Å². The van der Waals surface area contributed by atoms with Gasteiger partial charge in [0.05, 0.1) is 0 Å². The van der Waals surface area contributed by atoms with Gasteiger partial charge in [0.2, 0.25) is 0 Å². The Kier molecular flexibility index (Phi) is 3.70. The smallest absolute Gasteiger partial charge is 0.0108 e. The first-order valence-electron chi connectivity index (χ1n) is 5.48. The first-order valence-corrected chi connectivity index (χ1v) is 5.48. The van der Waals surface area contributed by atoms with Crippen molar-refractivity contribution >= 4 is 0 Å². The predicted molar refractivity (Wildman–Crippen MR) is 62.4 cm³/mol. The van der Waals surface area contributed by atoms with E-state index in [2.05, 4.69) is 51.1 Å². The van der Waals surface area contributed by atoms with Crippen molar-refractivity contribution in [3.63, 3.8) is 0 Å². The fourth-order valence-corrected chi connectivity index (χ4v) is 2.34. The number of hydrogen-bond donors (Lipinski definition) is 1. The molecule has 0 spiro atoms. The van der Waals surface area contributed by atoms with Crippen molar-refractivity contribution in [3.8, 4) is 0 Å². The van der Waals surface area contributed by atoms with Crippen LogP contribution in [0.2, 0.25) is 0 Å².